The van der Waals surface area contributed by atoms with Crippen LogP contribution < -0.4 is 15.0 Å². The summed E-state index contributed by atoms with van der Waals surface area (Å²) in [5, 5.41) is 11.5. The Hall–Kier alpha value is -3.60. The number of carbonyl (C=O) groups excluding carboxylic acids is 1. The number of nitrogens with zero attached hydrogens (tertiary/aromatic N) is 3. The summed E-state index contributed by atoms with van der Waals surface area (Å²) < 4.78 is 53.4. The van der Waals surface area contributed by atoms with E-state index in [1.54, 1.807) is 61.4 Å². The van der Waals surface area contributed by atoms with E-state index in [-0.39, 0.29) is 42.1 Å². The molecule has 1 aliphatic heterocycles. The molecule has 1 saturated heterocycles. The van der Waals surface area contributed by atoms with Gasteiger partial charge in [-0.2, -0.15) is 0 Å². The summed E-state index contributed by atoms with van der Waals surface area (Å²) >= 11 is 0. The number of benzene rings is 2. The molecule has 39 heavy (non-hydrogen) atoms. The van der Waals surface area contributed by atoms with Gasteiger partial charge in [-0.05, 0) is 61.4 Å². The van der Waals surface area contributed by atoms with Crippen molar-refractivity contribution in [3.63, 3.8) is 0 Å². The van der Waals surface area contributed by atoms with Gasteiger partial charge < -0.3 is 15.0 Å². The highest BCUT2D eigenvalue weighted by molar-refractivity contribution is 7.91. The molecule has 0 aliphatic carbocycles. The van der Waals surface area contributed by atoms with Crippen LogP contribution in [0.3, 0.4) is 0 Å². The topological polar surface area (TPSA) is 108 Å². The van der Waals surface area contributed by atoms with Crippen LogP contribution in [-0.2, 0) is 9.73 Å². The van der Waals surface area contributed by atoms with Crippen molar-refractivity contribution in [1.82, 2.24) is 10.2 Å². The van der Waals surface area contributed by atoms with Crippen LogP contribution in [0.2, 0.25) is 0 Å². The SMILES string of the molecule is CC.COc1ccc(-c2nnc(N3CCCC(F)(F)CC3)c(C(=O)Nc3cccc(S(C)(=N)=O)c3)c2C)cc1. The summed E-state index contributed by atoms with van der Waals surface area (Å²) in [5.74, 6) is -2.37. The Kier molecular flexibility index (Phi) is 9.60. The summed E-state index contributed by atoms with van der Waals surface area (Å²) in [7, 11) is -1.42. The van der Waals surface area contributed by atoms with Gasteiger partial charge in [0.25, 0.3) is 5.91 Å². The van der Waals surface area contributed by atoms with E-state index in [1.165, 1.54) is 12.3 Å². The van der Waals surface area contributed by atoms with Crippen LogP contribution in [0.5, 0.6) is 5.75 Å². The fraction of sp³-hybridized carbons (Fsp3) is 0.393. The third-order valence-corrected chi connectivity index (χ3v) is 7.50. The molecule has 210 valence electrons. The third-order valence-electron chi connectivity index (χ3n) is 6.35. The lowest BCUT2D eigenvalue weighted by atomic mass is 10.0. The van der Waals surface area contributed by atoms with Crippen molar-refractivity contribution in [3.05, 3.63) is 59.7 Å². The molecule has 1 amide bonds. The second kappa shape index (κ2) is 12.5. The standard InChI is InChI=1S/C26H29F2N5O3S.C2H6/c1-17-22(25(34)30-19-6-4-7-21(16-19)37(3,29)35)24(33-14-5-12-26(27,28)13-15-33)32-31-23(17)18-8-10-20(36-2)11-9-18;1-2/h4,6-11,16,29H,5,12-15H2,1-3H3,(H,30,34);1-2H3. The van der Waals surface area contributed by atoms with Gasteiger partial charge in [0.2, 0.25) is 5.92 Å². The largest absolute Gasteiger partial charge is 0.497 e. The van der Waals surface area contributed by atoms with Gasteiger partial charge >= 0.3 is 0 Å². The number of ether oxygens (including phenoxy) is 1. The number of anilines is 2. The number of hydrogen-bond acceptors (Lipinski definition) is 7. The summed E-state index contributed by atoms with van der Waals surface area (Å²) in [6, 6.07) is 13.5. The number of carbonyl (C=O) groups is 1. The summed E-state index contributed by atoms with van der Waals surface area (Å²) in [5.41, 5.74) is 2.32. The lowest BCUT2D eigenvalue weighted by molar-refractivity contribution is -0.0102. The van der Waals surface area contributed by atoms with E-state index in [9.17, 15) is 17.8 Å². The second-order valence-electron chi connectivity index (χ2n) is 9.12. The predicted molar refractivity (Wildman–Crippen MR) is 151 cm³/mol. The molecule has 0 radical (unpaired) electrons. The number of alkyl halides is 2. The van der Waals surface area contributed by atoms with E-state index in [0.29, 0.717) is 29.2 Å². The molecular weight excluding hydrogens is 524 g/mol. The molecule has 2 aromatic carbocycles. The first kappa shape index (κ1) is 29.9. The predicted octanol–water partition coefficient (Wildman–Crippen LogP) is 6.40. The first-order valence-electron chi connectivity index (χ1n) is 12.8. The minimum Gasteiger partial charge on any atom is -0.497 e. The molecule has 4 rings (SSSR count). The average molecular weight is 560 g/mol. The van der Waals surface area contributed by atoms with Gasteiger partial charge in [0.1, 0.15) is 5.75 Å². The Morgan fingerprint density at radius 3 is 2.44 bits per heavy atom. The molecule has 2 N–H and O–H groups in total. The van der Waals surface area contributed by atoms with Crippen LogP contribution in [0.1, 0.15) is 49.0 Å². The first-order chi connectivity index (χ1) is 18.5. The van der Waals surface area contributed by atoms with E-state index in [4.69, 9.17) is 9.52 Å². The van der Waals surface area contributed by atoms with Crippen LogP contribution in [-0.4, -0.2) is 52.7 Å². The van der Waals surface area contributed by atoms with Crippen molar-refractivity contribution >= 4 is 27.1 Å². The van der Waals surface area contributed by atoms with E-state index >= 15 is 0 Å². The Balaban J connectivity index is 0.00000205. The zero-order valence-electron chi connectivity index (χ0n) is 22.9. The number of nitrogens with one attached hydrogen (secondary N) is 2. The molecule has 0 bridgehead atoms. The van der Waals surface area contributed by atoms with Crippen LogP contribution >= 0.6 is 0 Å². The quantitative estimate of drug-likeness (QED) is 0.362. The fourth-order valence-electron chi connectivity index (χ4n) is 4.31. The van der Waals surface area contributed by atoms with Crippen molar-refractivity contribution in [2.75, 3.05) is 36.7 Å². The zero-order valence-corrected chi connectivity index (χ0v) is 23.7. The zero-order chi connectivity index (χ0) is 28.8. The smallest absolute Gasteiger partial charge is 0.259 e. The Morgan fingerprint density at radius 2 is 1.79 bits per heavy atom. The molecule has 1 atom stereocenters. The molecule has 1 aromatic heterocycles. The van der Waals surface area contributed by atoms with Crippen molar-refractivity contribution in [2.45, 2.75) is 50.9 Å². The van der Waals surface area contributed by atoms with Gasteiger partial charge in [-0.25, -0.2) is 17.8 Å². The van der Waals surface area contributed by atoms with E-state index in [2.05, 4.69) is 15.5 Å². The van der Waals surface area contributed by atoms with Gasteiger partial charge in [0.05, 0.1) is 28.1 Å². The number of halogens is 2. The number of methoxy groups -OCH3 is 1. The van der Waals surface area contributed by atoms with Crippen LogP contribution in [0.15, 0.2) is 53.4 Å². The molecule has 0 saturated carbocycles. The second-order valence-corrected chi connectivity index (χ2v) is 11.3. The molecule has 3 aromatic rings. The highest BCUT2D eigenvalue weighted by Crippen LogP contribution is 2.34. The van der Waals surface area contributed by atoms with Crippen molar-refractivity contribution in [3.8, 4) is 17.0 Å². The molecule has 1 fully saturated rings. The minimum absolute atomic E-state index is 0.0372. The maximum Gasteiger partial charge on any atom is 0.259 e. The normalized spacial score (nSPS) is 16.2. The summed E-state index contributed by atoms with van der Waals surface area (Å²) in [6.45, 7) is 6.10. The van der Waals surface area contributed by atoms with Gasteiger partial charge in [0.15, 0.2) is 5.82 Å². The molecular formula is C28H35F2N5O3S. The lowest BCUT2D eigenvalue weighted by Gasteiger charge is -2.25. The summed E-state index contributed by atoms with van der Waals surface area (Å²) in [6.07, 6.45) is 0.994. The van der Waals surface area contributed by atoms with E-state index in [1.807, 2.05) is 13.8 Å². The average Bonchev–Trinajstić information content (AvgIpc) is 3.09. The molecule has 1 unspecified atom stereocenters. The summed E-state index contributed by atoms with van der Waals surface area (Å²) in [4.78, 5) is 15.6. The van der Waals surface area contributed by atoms with Crippen molar-refractivity contribution in [1.29, 1.82) is 4.78 Å². The highest BCUT2D eigenvalue weighted by atomic mass is 32.2. The fourth-order valence-corrected chi connectivity index (χ4v) is 5.00. The Morgan fingerprint density at radius 1 is 1.10 bits per heavy atom. The minimum atomic E-state index is -2.99. The first-order valence-corrected chi connectivity index (χ1v) is 14.7. The monoisotopic (exact) mass is 559 g/mol. The molecule has 2 heterocycles. The van der Waals surface area contributed by atoms with Crippen LogP contribution in [0, 0.1) is 11.7 Å². The van der Waals surface area contributed by atoms with E-state index < -0.39 is 21.6 Å². The van der Waals surface area contributed by atoms with Crippen LogP contribution in [0.4, 0.5) is 20.3 Å². The number of aromatic nitrogens is 2. The number of hydrogen-bond donors (Lipinski definition) is 2. The van der Waals surface area contributed by atoms with Gasteiger partial charge in [-0.3, -0.25) is 4.79 Å². The highest BCUT2D eigenvalue weighted by Gasteiger charge is 2.34. The maximum atomic E-state index is 14.1. The van der Waals surface area contributed by atoms with Gasteiger partial charge in [0, 0.05) is 48.3 Å². The Bertz CT molecular complexity index is 1410. The van der Waals surface area contributed by atoms with Gasteiger partial charge in [-0.15, -0.1) is 10.2 Å². The Labute approximate surface area is 228 Å². The molecule has 0 spiro atoms. The van der Waals surface area contributed by atoms with Crippen molar-refractivity contribution in [2.24, 2.45) is 0 Å². The maximum absolute atomic E-state index is 14.1. The van der Waals surface area contributed by atoms with Crippen molar-refractivity contribution < 1.29 is 22.5 Å². The van der Waals surface area contributed by atoms with Crippen LogP contribution in [0.25, 0.3) is 11.3 Å². The molecule has 1 aliphatic rings. The molecule has 8 nitrogen and oxygen atoms in total. The van der Waals surface area contributed by atoms with E-state index in [0.717, 1.165) is 5.56 Å². The number of amides is 1. The molecule has 11 heteroatoms. The van der Waals surface area contributed by atoms with Gasteiger partial charge in [-0.1, -0.05) is 19.9 Å². The number of rotatable bonds is 6. The third kappa shape index (κ3) is 7.29. The lowest BCUT2D eigenvalue weighted by Crippen LogP contribution is -2.30.